The summed E-state index contributed by atoms with van der Waals surface area (Å²) < 4.78 is 5.33. The van der Waals surface area contributed by atoms with Crippen molar-refractivity contribution >= 4 is 16.7 Å². The maximum Gasteiger partial charge on any atom is 0.343 e. The van der Waals surface area contributed by atoms with Crippen LogP contribution in [-0.4, -0.2) is 11.7 Å². The van der Waals surface area contributed by atoms with Crippen molar-refractivity contribution in [3.63, 3.8) is 0 Å². The molecule has 0 spiro atoms. The fourth-order valence-corrected chi connectivity index (χ4v) is 3.51. The molecule has 0 unspecified atom stereocenters. The first kappa shape index (κ1) is 18.8. The van der Waals surface area contributed by atoms with Crippen molar-refractivity contribution in [2.45, 2.75) is 19.3 Å². The second kappa shape index (κ2) is 8.65. The summed E-state index contributed by atoms with van der Waals surface area (Å²) in [5, 5.41) is 14.4. The van der Waals surface area contributed by atoms with E-state index < -0.39 is 5.63 Å². The SMILES string of the molecule is O=c1oc2ccccc2c(O)c1CCCNc1cccc(Cc2ccccc2)c1. The van der Waals surface area contributed by atoms with E-state index in [2.05, 4.69) is 41.7 Å². The average molecular weight is 385 g/mol. The lowest BCUT2D eigenvalue weighted by molar-refractivity contribution is 0.455. The molecule has 0 aliphatic carbocycles. The summed E-state index contributed by atoms with van der Waals surface area (Å²) in [7, 11) is 0. The van der Waals surface area contributed by atoms with Crippen molar-refractivity contribution in [1.82, 2.24) is 0 Å². The first-order valence-corrected chi connectivity index (χ1v) is 9.81. The summed E-state index contributed by atoms with van der Waals surface area (Å²) in [6.45, 7) is 0.695. The molecular weight excluding hydrogens is 362 g/mol. The fraction of sp³-hybridized carbons (Fsp3) is 0.160. The Labute approximate surface area is 169 Å². The Kier molecular flexibility index (Phi) is 5.61. The summed E-state index contributed by atoms with van der Waals surface area (Å²) >= 11 is 0. The zero-order valence-electron chi connectivity index (χ0n) is 16.1. The van der Waals surface area contributed by atoms with E-state index in [9.17, 15) is 9.90 Å². The molecule has 0 radical (unpaired) electrons. The molecule has 0 aliphatic rings. The number of anilines is 1. The molecule has 29 heavy (non-hydrogen) atoms. The molecule has 4 nitrogen and oxygen atoms in total. The highest BCUT2D eigenvalue weighted by Crippen LogP contribution is 2.26. The van der Waals surface area contributed by atoms with E-state index in [0.717, 1.165) is 12.1 Å². The fourth-order valence-electron chi connectivity index (χ4n) is 3.51. The van der Waals surface area contributed by atoms with Gasteiger partial charge in [0.15, 0.2) is 0 Å². The summed E-state index contributed by atoms with van der Waals surface area (Å²) in [5.74, 6) is 0.0294. The van der Waals surface area contributed by atoms with Crippen LogP contribution in [0.1, 0.15) is 23.1 Å². The van der Waals surface area contributed by atoms with E-state index >= 15 is 0 Å². The van der Waals surface area contributed by atoms with Crippen LogP contribution < -0.4 is 10.9 Å². The van der Waals surface area contributed by atoms with E-state index in [-0.39, 0.29) is 5.75 Å². The van der Waals surface area contributed by atoms with Crippen LogP contribution >= 0.6 is 0 Å². The van der Waals surface area contributed by atoms with Gasteiger partial charge in [-0.05, 0) is 54.7 Å². The third-order valence-corrected chi connectivity index (χ3v) is 4.99. The Morgan fingerprint density at radius 2 is 1.62 bits per heavy atom. The van der Waals surface area contributed by atoms with Crippen LogP contribution in [0.15, 0.2) is 88.1 Å². The van der Waals surface area contributed by atoms with Gasteiger partial charge < -0.3 is 14.8 Å². The lowest BCUT2D eigenvalue weighted by Crippen LogP contribution is -2.10. The minimum absolute atomic E-state index is 0.0294. The molecule has 4 rings (SSSR count). The maximum absolute atomic E-state index is 12.2. The number of benzene rings is 3. The topological polar surface area (TPSA) is 62.5 Å². The first-order valence-electron chi connectivity index (χ1n) is 9.81. The predicted octanol–water partition coefficient (Wildman–Crippen LogP) is 5.13. The highest BCUT2D eigenvalue weighted by Gasteiger charge is 2.13. The lowest BCUT2D eigenvalue weighted by atomic mass is 10.0. The van der Waals surface area contributed by atoms with Crippen LogP contribution in [0.2, 0.25) is 0 Å². The second-order valence-corrected chi connectivity index (χ2v) is 7.11. The van der Waals surface area contributed by atoms with Crippen molar-refractivity contribution in [3.8, 4) is 5.75 Å². The minimum Gasteiger partial charge on any atom is -0.507 e. The molecule has 146 valence electrons. The Balaban J connectivity index is 1.37. The molecule has 1 heterocycles. The number of hydrogen-bond acceptors (Lipinski definition) is 4. The third kappa shape index (κ3) is 4.49. The van der Waals surface area contributed by atoms with Crippen molar-refractivity contribution in [3.05, 3.63) is 106 Å². The minimum atomic E-state index is -0.467. The van der Waals surface area contributed by atoms with Crippen LogP contribution in [0.5, 0.6) is 5.75 Å². The van der Waals surface area contributed by atoms with Crippen molar-refractivity contribution in [2.75, 3.05) is 11.9 Å². The zero-order valence-corrected chi connectivity index (χ0v) is 16.1. The Hall–Kier alpha value is -3.53. The maximum atomic E-state index is 12.2. The van der Waals surface area contributed by atoms with Crippen LogP contribution in [0, 0.1) is 0 Å². The Bertz CT molecular complexity index is 1170. The molecule has 1 aromatic heterocycles. The van der Waals surface area contributed by atoms with E-state index in [1.807, 2.05) is 24.3 Å². The number of hydrogen-bond donors (Lipinski definition) is 2. The number of para-hydroxylation sites is 1. The van der Waals surface area contributed by atoms with E-state index in [0.29, 0.717) is 35.9 Å². The Morgan fingerprint density at radius 3 is 2.48 bits per heavy atom. The van der Waals surface area contributed by atoms with Crippen LogP contribution in [0.25, 0.3) is 11.0 Å². The quantitative estimate of drug-likeness (QED) is 0.342. The van der Waals surface area contributed by atoms with E-state index in [1.165, 1.54) is 11.1 Å². The molecule has 0 fully saturated rings. The molecule has 3 aromatic carbocycles. The summed E-state index contributed by atoms with van der Waals surface area (Å²) in [6, 6.07) is 25.8. The molecule has 0 saturated heterocycles. The molecule has 0 bridgehead atoms. The first-order chi connectivity index (χ1) is 14.2. The number of aromatic hydroxyl groups is 1. The monoisotopic (exact) mass is 385 g/mol. The summed E-state index contributed by atoms with van der Waals surface area (Å²) in [6.07, 6.45) is 2.05. The van der Waals surface area contributed by atoms with Gasteiger partial charge in [-0.15, -0.1) is 0 Å². The normalized spacial score (nSPS) is 10.9. The molecule has 0 aliphatic heterocycles. The molecule has 0 saturated carbocycles. The van der Waals surface area contributed by atoms with Gasteiger partial charge in [-0.2, -0.15) is 0 Å². The highest BCUT2D eigenvalue weighted by molar-refractivity contribution is 5.83. The van der Waals surface area contributed by atoms with Gasteiger partial charge in [0.2, 0.25) is 0 Å². The second-order valence-electron chi connectivity index (χ2n) is 7.11. The molecule has 4 heteroatoms. The molecule has 2 N–H and O–H groups in total. The van der Waals surface area contributed by atoms with Crippen molar-refractivity contribution in [2.24, 2.45) is 0 Å². The largest absolute Gasteiger partial charge is 0.507 e. The van der Waals surface area contributed by atoms with Crippen LogP contribution in [0.3, 0.4) is 0 Å². The van der Waals surface area contributed by atoms with Crippen LogP contribution in [-0.2, 0) is 12.8 Å². The summed E-state index contributed by atoms with van der Waals surface area (Å²) in [5.41, 5.74) is 3.85. The standard InChI is InChI=1S/C25H23NO3/c27-24-21-12-4-5-14-23(21)29-25(28)22(24)13-7-15-26-20-11-6-10-19(17-20)16-18-8-2-1-3-9-18/h1-6,8-12,14,17,26-27H,7,13,15-16H2. The van der Waals surface area contributed by atoms with Gasteiger partial charge in [0.25, 0.3) is 0 Å². The lowest BCUT2D eigenvalue weighted by Gasteiger charge is -2.10. The number of nitrogens with one attached hydrogen (secondary N) is 1. The third-order valence-electron chi connectivity index (χ3n) is 4.99. The van der Waals surface area contributed by atoms with Gasteiger partial charge in [0.1, 0.15) is 11.3 Å². The number of fused-ring (bicyclic) bond motifs is 1. The van der Waals surface area contributed by atoms with Crippen molar-refractivity contribution in [1.29, 1.82) is 0 Å². The van der Waals surface area contributed by atoms with Gasteiger partial charge in [0.05, 0.1) is 10.9 Å². The smallest absolute Gasteiger partial charge is 0.343 e. The molecule has 0 amide bonds. The zero-order chi connectivity index (χ0) is 20.1. The van der Waals surface area contributed by atoms with E-state index in [4.69, 9.17) is 4.42 Å². The predicted molar refractivity (Wildman–Crippen MR) is 117 cm³/mol. The Morgan fingerprint density at radius 1 is 0.862 bits per heavy atom. The van der Waals surface area contributed by atoms with Gasteiger partial charge in [0, 0.05) is 12.2 Å². The number of rotatable bonds is 7. The molecule has 0 atom stereocenters. The van der Waals surface area contributed by atoms with Gasteiger partial charge in [-0.25, -0.2) is 4.79 Å². The molecular formula is C25H23NO3. The van der Waals surface area contributed by atoms with Crippen molar-refractivity contribution < 1.29 is 9.52 Å². The van der Waals surface area contributed by atoms with Gasteiger partial charge in [-0.3, -0.25) is 0 Å². The van der Waals surface area contributed by atoms with Gasteiger partial charge >= 0.3 is 5.63 Å². The van der Waals surface area contributed by atoms with Crippen LogP contribution in [0.4, 0.5) is 5.69 Å². The highest BCUT2D eigenvalue weighted by atomic mass is 16.4. The van der Waals surface area contributed by atoms with Gasteiger partial charge in [-0.1, -0.05) is 54.6 Å². The van der Waals surface area contributed by atoms with E-state index in [1.54, 1.807) is 18.2 Å². The average Bonchev–Trinajstić information content (AvgIpc) is 2.74. The molecule has 4 aromatic rings. The summed E-state index contributed by atoms with van der Waals surface area (Å²) in [4.78, 5) is 12.2.